The first kappa shape index (κ1) is 14.4. The summed E-state index contributed by atoms with van der Waals surface area (Å²) in [5.74, 6) is -0.306. The van der Waals surface area contributed by atoms with Gasteiger partial charge in [0.15, 0.2) is 0 Å². The summed E-state index contributed by atoms with van der Waals surface area (Å²) in [6, 6.07) is 6.04. The molecule has 7 nitrogen and oxygen atoms in total. The van der Waals surface area contributed by atoms with Gasteiger partial charge >= 0.3 is 0 Å². The number of para-hydroxylation sites is 2. The van der Waals surface area contributed by atoms with Crippen molar-refractivity contribution in [2.24, 2.45) is 0 Å². The molecule has 108 valence electrons. The monoisotopic (exact) mass is 279 g/mol. The summed E-state index contributed by atoms with van der Waals surface area (Å²) in [5, 5.41) is 22.6. The third-order valence-electron chi connectivity index (χ3n) is 3.43. The average molecular weight is 279 g/mol. The number of aliphatic hydroxyl groups is 1. The van der Waals surface area contributed by atoms with Crippen LogP contribution in [0, 0.1) is 10.1 Å². The van der Waals surface area contributed by atoms with E-state index in [2.05, 4.69) is 5.32 Å². The molecule has 0 bridgehead atoms. The zero-order chi connectivity index (χ0) is 14.5. The number of anilines is 1. The number of amides is 1. The van der Waals surface area contributed by atoms with Gasteiger partial charge in [-0.15, -0.1) is 0 Å². The third kappa shape index (κ3) is 3.31. The topological polar surface area (TPSA) is 95.7 Å². The van der Waals surface area contributed by atoms with Gasteiger partial charge in [0, 0.05) is 12.1 Å². The van der Waals surface area contributed by atoms with Gasteiger partial charge in [-0.25, -0.2) is 0 Å². The van der Waals surface area contributed by atoms with Gasteiger partial charge in [-0.05, 0) is 25.5 Å². The second-order valence-electron chi connectivity index (χ2n) is 4.77. The minimum Gasteiger partial charge on any atom is -0.395 e. The normalized spacial score (nSPS) is 18.9. The molecule has 1 atom stereocenters. The van der Waals surface area contributed by atoms with Crippen LogP contribution in [0.25, 0.3) is 0 Å². The quantitative estimate of drug-likeness (QED) is 0.619. The Bertz CT molecular complexity index is 506. The molecule has 0 saturated carbocycles. The summed E-state index contributed by atoms with van der Waals surface area (Å²) >= 11 is 0. The second kappa shape index (κ2) is 6.44. The molecular formula is C13H17N3O4. The van der Waals surface area contributed by atoms with Crippen molar-refractivity contribution in [2.45, 2.75) is 18.9 Å². The first-order valence-electron chi connectivity index (χ1n) is 6.50. The zero-order valence-electron chi connectivity index (χ0n) is 11.0. The van der Waals surface area contributed by atoms with Crippen LogP contribution in [-0.2, 0) is 4.79 Å². The van der Waals surface area contributed by atoms with Crippen molar-refractivity contribution < 1.29 is 14.8 Å². The molecule has 1 aromatic rings. The largest absolute Gasteiger partial charge is 0.395 e. The van der Waals surface area contributed by atoms with Crippen molar-refractivity contribution in [1.82, 2.24) is 4.90 Å². The van der Waals surface area contributed by atoms with E-state index in [0.717, 1.165) is 19.4 Å². The average Bonchev–Trinajstić information content (AvgIpc) is 2.86. The summed E-state index contributed by atoms with van der Waals surface area (Å²) in [6.45, 7) is 0.922. The van der Waals surface area contributed by atoms with E-state index in [-0.39, 0.29) is 36.5 Å². The van der Waals surface area contributed by atoms with Gasteiger partial charge in [0.1, 0.15) is 5.69 Å². The van der Waals surface area contributed by atoms with Crippen LogP contribution in [0.3, 0.4) is 0 Å². The van der Waals surface area contributed by atoms with Crippen LogP contribution < -0.4 is 5.32 Å². The molecule has 1 aliphatic heterocycles. The van der Waals surface area contributed by atoms with Crippen LogP contribution in [0.1, 0.15) is 12.8 Å². The van der Waals surface area contributed by atoms with Crippen molar-refractivity contribution in [3.8, 4) is 0 Å². The van der Waals surface area contributed by atoms with E-state index in [1.165, 1.54) is 12.1 Å². The summed E-state index contributed by atoms with van der Waals surface area (Å²) in [4.78, 5) is 24.2. The molecule has 1 aromatic carbocycles. The Morgan fingerprint density at radius 1 is 1.50 bits per heavy atom. The van der Waals surface area contributed by atoms with Crippen molar-refractivity contribution in [1.29, 1.82) is 0 Å². The highest BCUT2D eigenvalue weighted by Gasteiger charge is 2.26. The lowest BCUT2D eigenvalue weighted by molar-refractivity contribution is -0.383. The molecule has 7 heteroatoms. The summed E-state index contributed by atoms with van der Waals surface area (Å²) in [6.07, 6.45) is 1.82. The fourth-order valence-corrected chi connectivity index (χ4v) is 2.42. The van der Waals surface area contributed by atoms with Gasteiger partial charge in [0.05, 0.1) is 18.1 Å². The molecular weight excluding hydrogens is 262 g/mol. The Morgan fingerprint density at radius 3 is 2.95 bits per heavy atom. The Labute approximate surface area is 116 Å². The van der Waals surface area contributed by atoms with Gasteiger partial charge < -0.3 is 10.4 Å². The molecule has 20 heavy (non-hydrogen) atoms. The number of nitro benzene ring substituents is 1. The maximum Gasteiger partial charge on any atom is 0.292 e. The Balaban J connectivity index is 2.00. The molecule has 0 radical (unpaired) electrons. The molecule has 0 aromatic heterocycles. The summed E-state index contributed by atoms with van der Waals surface area (Å²) in [7, 11) is 0. The number of nitrogens with one attached hydrogen (secondary N) is 1. The molecule has 1 heterocycles. The minimum absolute atomic E-state index is 0.00603. The number of nitro groups is 1. The van der Waals surface area contributed by atoms with E-state index in [1.807, 2.05) is 4.90 Å². The Hall–Kier alpha value is -1.99. The Kier molecular flexibility index (Phi) is 4.65. The Morgan fingerprint density at radius 2 is 2.25 bits per heavy atom. The summed E-state index contributed by atoms with van der Waals surface area (Å²) in [5.41, 5.74) is 0.0724. The summed E-state index contributed by atoms with van der Waals surface area (Å²) < 4.78 is 0. The molecule has 2 rings (SSSR count). The third-order valence-corrected chi connectivity index (χ3v) is 3.43. The molecule has 0 spiro atoms. The number of carbonyl (C=O) groups excluding carboxylic acids is 1. The van der Waals surface area contributed by atoms with Gasteiger partial charge in [-0.2, -0.15) is 0 Å². The number of nitrogens with zero attached hydrogens (tertiary/aromatic N) is 2. The van der Waals surface area contributed by atoms with Crippen LogP contribution in [0.2, 0.25) is 0 Å². The van der Waals surface area contributed by atoms with E-state index < -0.39 is 4.92 Å². The number of hydrogen-bond donors (Lipinski definition) is 2. The molecule has 2 N–H and O–H groups in total. The predicted octanol–water partition coefficient (Wildman–Crippen LogP) is 0.990. The van der Waals surface area contributed by atoms with E-state index in [4.69, 9.17) is 0 Å². The standard InChI is InChI=1S/C13H17N3O4/c17-9-10-4-3-7-15(10)8-13(18)14-11-5-1-2-6-12(11)16(19)20/h1-2,5-6,10,17H,3-4,7-9H2,(H,14,18)/t10-/m0/s1. The highest BCUT2D eigenvalue weighted by atomic mass is 16.6. The first-order valence-corrected chi connectivity index (χ1v) is 6.50. The van der Waals surface area contributed by atoms with Crippen LogP contribution in [0.15, 0.2) is 24.3 Å². The molecule has 1 aliphatic rings. The molecule has 0 aliphatic carbocycles. The number of carbonyl (C=O) groups is 1. The van der Waals surface area contributed by atoms with Gasteiger partial charge in [-0.1, -0.05) is 12.1 Å². The van der Waals surface area contributed by atoms with E-state index in [9.17, 15) is 20.0 Å². The highest BCUT2D eigenvalue weighted by molar-refractivity contribution is 5.94. The van der Waals surface area contributed by atoms with Crippen LogP contribution in [0.4, 0.5) is 11.4 Å². The smallest absolute Gasteiger partial charge is 0.292 e. The fraction of sp³-hybridized carbons (Fsp3) is 0.462. The van der Waals surface area contributed by atoms with Gasteiger partial charge in [-0.3, -0.25) is 19.8 Å². The molecule has 0 unspecified atom stereocenters. The lowest BCUT2D eigenvalue weighted by Crippen LogP contribution is -2.38. The maximum absolute atomic E-state index is 11.9. The number of benzene rings is 1. The lowest BCUT2D eigenvalue weighted by atomic mass is 10.2. The second-order valence-corrected chi connectivity index (χ2v) is 4.77. The van der Waals surface area contributed by atoms with Crippen molar-refractivity contribution in [3.63, 3.8) is 0 Å². The van der Waals surface area contributed by atoms with Crippen molar-refractivity contribution in [3.05, 3.63) is 34.4 Å². The minimum atomic E-state index is -0.526. The van der Waals surface area contributed by atoms with E-state index >= 15 is 0 Å². The van der Waals surface area contributed by atoms with Crippen molar-refractivity contribution in [2.75, 3.05) is 25.0 Å². The number of hydrogen-bond acceptors (Lipinski definition) is 5. The van der Waals surface area contributed by atoms with Gasteiger partial charge in [0.25, 0.3) is 5.69 Å². The van der Waals surface area contributed by atoms with Crippen LogP contribution in [0.5, 0.6) is 0 Å². The van der Waals surface area contributed by atoms with Gasteiger partial charge in [0.2, 0.25) is 5.91 Å². The van der Waals surface area contributed by atoms with Crippen LogP contribution >= 0.6 is 0 Å². The first-order chi connectivity index (χ1) is 9.61. The molecule has 1 fully saturated rings. The maximum atomic E-state index is 11.9. The number of aliphatic hydroxyl groups excluding tert-OH is 1. The lowest BCUT2D eigenvalue weighted by Gasteiger charge is -2.21. The van der Waals surface area contributed by atoms with E-state index in [0.29, 0.717) is 0 Å². The molecule has 1 amide bonds. The number of likely N-dealkylation sites (tertiary alicyclic amines) is 1. The van der Waals surface area contributed by atoms with Crippen LogP contribution in [-0.4, -0.2) is 46.6 Å². The van der Waals surface area contributed by atoms with Crippen molar-refractivity contribution >= 4 is 17.3 Å². The zero-order valence-corrected chi connectivity index (χ0v) is 11.0. The van der Waals surface area contributed by atoms with E-state index in [1.54, 1.807) is 12.1 Å². The fourth-order valence-electron chi connectivity index (χ4n) is 2.42. The number of rotatable bonds is 5. The highest BCUT2D eigenvalue weighted by Crippen LogP contribution is 2.23. The molecule has 1 saturated heterocycles. The SMILES string of the molecule is O=C(CN1CCC[C@H]1CO)Nc1ccccc1[N+](=O)[O-]. The predicted molar refractivity (Wildman–Crippen MR) is 73.4 cm³/mol.